The summed E-state index contributed by atoms with van der Waals surface area (Å²) < 4.78 is 32.5. The van der Waals surface area contributed by atoms with Gasteiger partial charge in [-0.25, -0.2) is 18.4 Å². The highest BCUT2D eigenvalue weighted by Gasteiger charge is 2.44. The highest BCUT2D eigenvalue weighted by molar-refractivity contribution is 5.95. The minimum Gasteiger partial charge on any atom is -0.481 e. The fraction of sp³-hybridized carbons (Fsp3) is 0.214. The van der Waals surface area contributed by atoms with Crippen LogP contribution in [0.1, 0.15) is 23.6 Å². The molecule has 2 unspecified atom stereocenters. The average Bonchev–Trinajstić information content (AvgIpc) is 3.38. The van der Waals surface area contributed by atoms with Gasteiger partial charge in [-0.05, 0) is 41.5 Å². The summed E-state index contributed by atoms with van der Waals surface area (Å²) in [6.07, 6.45) is -2.94. The first-order valence-corrected chi connectivity index (χ1v) is 12.3. The molecule has 0 saturated carbocycles. The van der Waals surface area contributed by atoms with Crippen molar-refractivity contribution in [1.82, 2.24) is 15.1 Å². The standard InChI is InChI=1S/C28H26F2N4O6/c29-20-11-9-19(10-12-20)23(16-24(35)36)32-25(37)26-33(27(38)31-22-8-4-7-21(30)15-22)13-14-34(26)28(39)40-17-18-5-2-1-3-6-18/h1-12,15,23,26H,13-14,16-17H2,(H,31,38)(H,32,37)(H,35,36). The number of nitrogens with one attached hydrogen (secondary N) is 2. The van der Waals surface area contributed by atoms with E-state index in [1.165, 1.54) is 30.3 Å². The topological polar surface area (TPSA) is 128 Å². The van der Waals surface area contributed by atoms with Gasteiger partial charge in [-0.3, -0.25) is 19.4 Å². The Bertz CT molecular complexity index is 1370. The van der Waals surface area contributed by atoms with Gasteiger partial charge in [0.2, 0.25) is 0 Å². The smallest absolute Gasteiger partial charge is 0.412 e. The normalized spacial score (nSPS) is 15.3. The SMILES string of the molecule is O=C(O)CC(NC(=O)C1N(C(=O)Nc2cccc(F)c2)CCN1C(=O)OCc1ccccc1)c1ccc(F)cc1. The Morgan fingerprint density at radius 1 is 0.900 bits per heavy atom. The van der Waals surface area contributed by atoms with Crippen molar-refractivity contribution in [3.63, 3.8) is 0 Å². The lowest BCUT2D eigenvalue weighted by Crippen LogP contribution is -2.55. The number of carboxylic acids is 1. The van der Waals surface area contributed by atoms with Gasteiger partial charge in [0, 0.05) is 18.8 Å². The molecule has 1 aliphatic heterocycles. The lowest BCUT2D eigenvalue weighted by atomic mass is 10.0. The monoisotopic (exact) mass is 552 g/mol. The number of amides is 4. The average molecular weight is 553 g/mol. The van der Waals surface area contributed by atoms with Crippen molar-refractivity contribution in [3.8, 4) is 0 Å². The van der Waals surface area contributed by atoms with E-state index in [1.54, 1.807) is 30.3 Å². The Labute approximate surface area is 228 Å². The first kappa shape index (κ1) is 28.0. The van der Waals surface area contributed by atoms with E-state index in [0.717, 1.165) is 28.0 Å². The number of rotatable bonds is 8. The molecule has 3 aromatic rings. The lowest BCUT2D eigenvalue weighted by Gasteiger charge is -2.30. The van der Waals surface area contributed by atoms with Crippen LogP contribution in [0.25, 0.3) is 0 Å². The zero-order valence-corrected chi connectivity index (χ0v) is 21.1. The number of carbonyl (C=O) groups excluding carboxylic acids is 3. The van der Waals surface area contributed by atoms with Gasteiger partial charge < -0.3 is 20.5 Å². The van der Waals surface area contributed by atoms with E-state index in [4.69, 9.17) is 4.74 Å². The summed E-state index contributed by atoms with van der Waals surface area (Å²) in [6, 6.07) is 17.0. The number of anilines is 1. The van der Waals surface area contributed by atoms with Gasteiger partial charge >= 0.3 is 18.1 Å². The van der Waals surface area contributed by atoms with E-state index < -0.39 is 54.3 Å². The molecule has 10 nitrogen and oxygen atoms in total. The molecule has 0 spiro atoms. The van der Waals surface area contributed by atoms with Crippen LogP contribution >= 0.6 is 0 Å². The number of aliphatic carboxylic acids is 1. The van der Waals surface area contributed by atoms with Gasteiger partial charge in [0.1, 0.15) is 18.2 Å². The van der Waals surface area contributed by atoms with Crippen molar-refractivity contribution in [3.05, 3.63) is 102 Å². The van der Waals surface area contributed by atoms with E-state index in [9.17, 15) is 33.1 Å². The van der Waals surface area contributed by atoms with Crippen LogP contribution in [0.3, 0.4) is 0 Å². The Hall–Kier alpha value is -5.00. The van der Waals surface area contributed by atoms with E-state index in [0.29, 0.717) is 11.1 Å². The molecule has 1 aliphatic rings. The Morgan fingerprint density at radius 3 is 2.27 bits per heavy atom. The summed E-state index contributed by atoms with van der Waals surface area (Å²) in [5.74, 6) is -3.23. The molecule has 0 radical (unpaired) electrons. The van der Waals surface area contributed by atoms with E-state index >= 15 is 0 Å². The number of urea groups is 1. The summed E-state index contributed by atoms with van der Waals surface area (Å²) in [6.45, 7) is -0.223. The van der Waals surface area contributed by atoms with Crippen LogP contribution in [0.2, 0.25) is 0 Å². The lowest BCUT2D eigenvalue weighted by molar-refractivity contribution is -0.138. The van der Waals surface area contributed by atoms with Crippen molar-refractivity contribution in [1.29, 1.82) is 0 Å². The molecular formula is C28H26F2N4O6. The Balaban J connectivity index is 1.57. The number of carboxylic acid groups (broad SMARTS) is 1. The second-order valence-electron chi connectivity index (χ2n) is 8.95. The predicted octanol–water partition coefficient (Wildman–Crippen LogP) is 4.11. The van der Waals surface area contributed by atoms with Crippen LogP contribution in [0, 0.1) is 11.6 Å². The van der Waals surface area contributed by atoms with Crippen molar-refractivity contribution >= 4 is 29.7 Å². The molecule has 12 heteroatoms. The van der Waals surface area contributed by atoms with Crippen LogP contribution in [0.4, 0.5) is 24.1 Å². The minimum absolute atomic E-state index is 0.0670. The third kappa shape index (κ3) is 7.10. The van der Waals surface area contributed by atoms with Crippen LogP contribution in [0.15, 0.2) is 78.9 Å². The van der Waals surface area contributed by atoms with Crippen molar-refractivity contribution in [2.75, 3.05) is 18.4 Å². The van der Waals surface area contributed by atoms with Crippen molar-refractivity contribution in [2.45, 2.75) is 25.2 Å². The molecule has 1 heterocycles. The van der Waals surface area contributed by atoms with Crippen LogP contribution in [-0.4, -0.2) is 58.2 Å². The Kier molecular flexibility index (Phi) is 8.89. The molecule has 1 fully saturated rings. The number of hydrogen-bond donors (Lipinski definition) is 3. The summed E-state index contributed by atoms with van der Waals surface area (Å²) in [4.78, 5) is 53.4. The number of carbonyl (C=O) groups is 4. The molecule has 3 N–H and O–H groups in total. The van der Waals surface area contributed by atoms with E-state index in [1.807, 2.05) is 0 Å². The van der Waals surface area contributed by atoms with Crippen molar-refractivity contribution < 1.29 is 37.8 Å². The third-order valence-corrected chi connectivity index (χ3v) is 6.15. The largest absolute Gasteiger partial charge is 0.481 e. The van der Waals surface area contributed by atoms with E-state index in [2.05, 4.69) is 10.6 Å². The summed E-state index contributed by atoms with van der Waals surface area (Å²) in [5.41, 5.74) is 1.14. The molecule has 0 bridgehead atoms. The molecular weight excluding hydrogens is 526 g/mol. The molecule has 2 atom stereocenters. The predicted molar refractivity (Wildman–Crippen MR) is 139 cm³/mol. The Morgan fingerprint density at radius 2 is 1.60 bits per heavy atom. The maximum Gasteiger partial charge on any atom is 0.412 e. The highest BCUT2D eigenvalue weighted by atomic mass is 19.1. The number of benzene rings is 3. The summed E-state index contributed by atoms with van der Waals surface area (Å²) in [7, 11) is 0. The van der Waals surface area contributed by atoms with Gasteiger partial charge in [-0.1, -0.05) is 48.5 Å². The van der Waals surface area contributed by atoms with Gasteiger partial charge in [-0.15, -0.1) is 0 Å². The van der Waals surface area contributed by atoms with Crippen LogP contribution in [0.5, 0.6) is 0 Å². The third-order valence-electron chi connectivity index (χ3n) is 6.15. The molecule has 208 valence electrons. The maximum absolute atomic E-state index is 13.7. The molecule has 0 aliphatic carbocycles. The van der Waals surface area contributed by atoms with Gasteiger partial charge in [-0.2, -0.15) is 0 Å². The second-order valence-corrected chi connectivity index (χ2v) is 8.95. The molecule has 0 aromatic heterocycles. The van der Waals surface area contributed by atoms with Gasteiger partial charge in [0.05, 0.1) is 12.5 Å². The molecule has 1 saturated heterocycles. The highest BCUT2D eigenvalue weighted by Crippen LogP contribution is 2.23. The molecule has 40 heavy (non-hydrogen) atoms. The number of ether oxygens (including phenoxy) is 1. The fourth-order valence-electron chi connectivity index (χ4n) is 4.25. The van der Waals surface area contributed by atoms with Crippen LogP contribution < -0.4 is 10.6 Å². The number of nitrogens with zero attached hydrogens (tertiary/aromatic N) is 2. The minimum atomic E-state index is -1.52. The first-order chi connectivity index (χ1) is 19.2. The summed E-state index contributed by atoms with van der Waals surface area (Å²) in [5, 5.41) is 14.5. The van der Waals surface area contributed by atoms with E-state index in [-0.39, 0.29) is 25.4 Å². The number of halogens is 2. The molecule has 3 aromatic carbocycles. The second kappa shape index (κ2) is 12.7. The quantitative estimate of drug-likeness (QED) is 0.386. The van der Waals surface area contributed by atoms with Crippen LogP contribution in [-0.2, 0) is 20.9 Å². The van der Waals surface area contributed by atoms with Crippen molar-refractivity contribution in [2.24, 2.45) is 0 Å². The number of hydrogen-bond acceptors (Lipinski definition) is 5. The molecule has 4 rings (SSSR count). The fourth-order valence-corrected chi connectivity index (χ4v) is 4.25. The zero-order valence-electron chi connectivity index (χ0n) is 21.1. The zero-order chi connectivity index (χ0) is 28.6. The first-order valence-electron chi connectivity index (χ1n) is 12.3. The van der Waals surface area contributed by atoms with Gasteiger partial charge in [0.15, 0.2) is 6.17 Å². The van der Waals surface area contributed by atoms with Gasteiger partial charge in [0.25, 0.3) is 5.91 Å². The molecule has 4 amide bonds. The maximum atomic E-state index is 13.7. The summed E-state index contributed by atoms with van der Waals surface area (Å²) >= 11 is 0.